The van der Waals surface area contributed by atoms with Gasteiger partial charge in [0.2, 0.25) is 0 Å². The van der Waals surface area contributed by atoms with Gasteiger partial charge in [0, 0.05) is 12.3 Å². The molecule has 1 unspecified atom stereocenters. The molecule has 2 aromatic heterocycles. The zero-order valence-corrected chi connectivity index (χ0v) is 13.9. The Kier molecular flexibility index (Phi) is 4.07. The number of ether oxygens (including phenoxy) is 1. The summed E-state index contributed by atoms with van der Waals surface area (Å²) in [5.41, 5.74) is 2.16. The summed E-state index contributed by atoms with van der Waals surface area (Å²) in [4.78, 5) is 13.6. The highest BCUT2D eigenvalue weighted by Gasteiger charge is 2.22. The lowest BCUT2D eigenvalue weighted by molar-refractivity contribution is 0.0592. The smallest absolute Gasteiger partial charge is 0.191 e. The van der Waals surface area contributed by atoms with E-state index in [4.69, 9.17) is 4.74 Å². The van der Waals surface area contributed by atoms with Gasteiger partial charge in [-0.15, -0.1) is 0 Å². The third kappa shape index (κ3) is 2.83. The molecule has 124 valence electrons. The monoisotopic (exact) mass is 345 g/mol. The average Bonchev–Trinajstić information content (AvgIpc) is 3.25. The minimum absolute atomic E-state index is 0.0294. The molecule has 8 heteroatoms. The van der Waals surface area contributed by atoms with Crippen LogP contribution in [0.1, 0.15) is 19.1 Å². The third-order valence-corrected chi connectivity index (χ3v) is 4.45. The van der Waals surface area contributed by atoms with Crippen LogP contribution in [0.25, 0.3) is 11.2 Å². The van der Waals surface area contributed by atoms with Crippen LogP contribution in [0.3, 0.4) is 0 Å². The lowest BCUT2D eigenvalue weighted by Crippen LogP contribution is -2.07. The molecule has 0 radical (unpaired) electrons. The SMILES string of the molecule is CSc1nc(Nc2ccc(F)cc2)c2ncn(C3CCCO3)c2n1. The molecule has 1 aliphatic rings. The number of thioether (sulfide) groups is 1. The molecule has 3 aromatic rings. The highest BCUT2D eigenvalue weighted by atomic mass is 32.2. The Balaban J connectivity index is 1.77. The van der Waals surface area contributed by atoms with Crippen molar-refractivity contribution >= 4 is 34.4 Å². The molecule has 1 aromatic carbocycles. The lowest BCUT2D eigenvalue weighted by Gasteiger charge is -2.12. The first-order valence-corrected chi connectivity index (χ1v) is 8.90. The van der Waals surface area contributed by atoms with Crippen LogP contribution in [-0.2, 0) is 4.74 Å². The van der Waals surface area contributed by atoms with E-state index in [0.29, 0.717) is 16.5 Å². The number of anilines is 2. The Morgan fingerprint density at radius 2 is 2.12 bits per heavy atom. The van der Waals surface area contributed by atoms with Gasteiger partial charge < -0.3 is 10.1 Å². The van der Waals surface area contributed by atoms with E-state index in [-0.39, 0.29) is 12.0 Å². The molecular weight excluding hydrogens is 329 g/mol. The van der Waals surface area contributed by atoms with E-state index in [0.717, 1.165) is 30.8 Å². The zero-order valence-electron chi connectivity index (χ0n) is 13.1. The van der Waals surface area contributed by atoms with Gasteiger partial charge in [0.05, 0.1) is 6.33 Å². The summed E-state index contributed by atoms with van der Waals surface area (Å²) in [6.07, 6.45) is 5.62. The Bertz CT molecular complexity index is 861. The summed E-state index contributed by atoms with van der Waals surface area (Å²) in [6, 6.07) is 6.14. The van der Waals surface area contributed by atoms with Crippen molar-refractivity contribution in [3.8, 4) is 0 Å². The number of fused-ring (bicyclic) bond motifs is 1. The molecule has 4 rings (SSSR count). The molecule has 1 aliphatic heterocycles. The van der Waals surface area contributed by atoms with Gasteiger partial charge in [-0.25, -0.2) is 19.3 Å². The van der Waals surface area contributed by atoms with Gasteiger partial charge in [0.1, 0.15) is 12.0 Å². The van der Waals surface area contributed by atoms with Crippen LogP contribution in [0.4, 0.5) is 15.9 Å². The first-order valence-electron chi connectivity index (χ1n) is 7.67. The van der Waals surface area contributed by atoms with Gasteiger partial charge >= 0.3 is 0 Å². The highest BCUT2D eigenvalue weighted by Crippen LogP contribution is 2.30. The fourth-order valence-electron chi connectivity index (χ4n) is 2.74. The van der Waals surface area contributed by atoms with E-state index in [1.165, 1.54) is 23.9 Å². The molecule has 24 heavy (non-hydrogen) atoms. The number of aromatic nitrogens is 4. The molecule has 3 heterocycles. The standard InChI is InChI=1S/C16H16FN5OS/c1-24-16-20-14(19-11-6-4-10(17)5-7-11)13-15(21-16)22(9-18-13)12-3-2-8-23-12/h4-7,9,12H,2-3,8H2,1H3,(H,19,20,21). The van der Waals surface area contributed by atoms with E-state index in [2.05, 4.69) is 20.3 Å². The fourth-order valence-corrected chi connectivity index (χ4v) is 3.10. The largest absolute Gasteiger partial charge is 0.358 e. The first kappa shape index (κ1) is 15.3. The number of nitrogens with one attached hydrogen (secondary N) is 1. The second-order valence-electron chi connectivity index (χ2n) is 5.48. The van der Waals surface area contributed by atoms with Crippen LogP contribution in [0, 0.1) is 5.82 Å². The summed E-state index contributed by atoms with van der Waals surface area (Å²) >= 11 is 1.46. The molecule has 1 atom stereocenters. The van der Waals surface area contributed by atoms with Crippen molar-refractivity contribution in [2.24, 2.45) is 0 Å². The van der Waals surface area contributed by atoms with Crippen LogP contribution in [-0.4, -0.2) is 32.4 Å². The maximum Gasteiger partial charge on any atom is 0.191 e. The van der Waals surface area contributed by atoms with Crippen molar-refractivity contribution in [1.82, 2.24) is 19.5 Å². The third-order valence-electron chi connectivity index (χ3n) is 3.91. The van der Waals surface area contributed by atoms with E-state index < -0.39 is 0 Å². The molecule has 0 amide bonds. The Morgan fingerprint density at radius 3 is 2.83 bits per heavy atom. The highest BCUT2D eigenvalue weighted by molar-refractivity contribution is 7.98. The second kappa shape index (κ2) is 6.37. The summed E-state index contributed by atoms with van der Waals surface area (Å²) in [6.45, 7) is 0.755. The molecule has 0 aliphatic carbocycles. The van der Waals surface area contributed by atoms with Gasteiger partial charge in [-0.2, -0.15) is 0 Å². The summed E-state index contributed by atoms with van der Waals surface area (Å²) in [5.74, 6) is 0.327. The average molecular weight is 345 g/mol. The summed E-state index contributed by atoms with van der Waals surface area (Å²) < 4.78 is 20.8. The van der Waals surface area contributed by atoms with Crippen molar-refractivity contribution in [2.75, 3.05) is 18.2 Å². The number of hydrogen-bond donors (Lipinski definition) is 1. The normalized spacial score (nSPS) is 17.5. The topological polar surface area (TPSA) is 64.9 Å². The van der Waals surface area contributed by atoms with Gasteiger partial charge in [-0.1, -0.05) is 11.8 Å². The molecule has 0 saturated carbocycles. The number of hydrogen-bond acceptors (Lipinski definition) is 6. The van der Waals surface area contributed by atoms with Gasteiger partial charge in [-0.05, 0) is 43.4 Å². The number of halogens is 1. The molecule has 1 saturated heterocycles. The van der Waals surface area contributed by atoms with Crippen LogP contribution < -0.4 is 5.32 Å². The zero-order chi connectivity index (χ0) is 16.5. The van der Waals surface area contributed by atoms with Crippen LogP contribution in [0.2, 0.25) is 0 Å². The van der Waals surface area contributed by atoms with E-state index in [1.54, 1.807) is 18.5 Å². The predicted molar refractivity (Wildman–Crippen MR) is 91.0 cm³/mol. The van der Waals surface area contributed by atoms with Crippen molar-refractivity contribution < 1.29 is 9.13 Å². The quantitative estimate of drug-likeness (QED) is 0.574. The Morgan fingerprint density at radius 1 is 1.29 bits per heavy atom. The number of nitrogens with zero attached hydrogens (tertiary/aromatic N) is 4. The molecule has 1 N–H and O–H groups in total. The van der Waals surface area contributed by atoms with Crippen molar-refractivity contribution in [1.29, 1.82) is 0 Å². The Hall–Kier alpha value is -2.19. The number of benzene rings is 1. The lowest BCUT2D eigenvalue weighted by atomic mass is 10.3. The first-order chi connectivity index (χ1) is 11.7. The number of imidazole rings is 1. The fraction of sp³-hybridized carbons (Fsp3) is 0.312. The maximum absolute atomic E-state index is 13.1. The van der Waals surface area contributed by atoms with Crippen LogP contribution >= 0.6 is 11.8 Å². The van der Waals surface area contributed by atoms with Crippen LogP contribution in [0.5, 0.6) is 0 Å². The van der Waals surface area contributed by atoms with Gasteiger partial charge in [0.25, 0.3) is 0 Å². The molecule has 6 nitrogen and oxygen atoms in total. The minimum atomic E-state index is -0.277. The van der Waals surface area contributed by atoms with Gasteiger partial charge in [0.15, 0.2) is 22.1 Å². The summed E-state index contributed by atoms with van der Waals surface area (Å²) in [5, 5.41) is 3.85. The van der Waals surface area contributed by atoms with E-state index in [9.17, 15) is 4.39 Å². The van der Waals surface area contributed by atoms with Gasteiger partial charge in [-0.3, -0.25) is 4.57 Å². The molecule has 1 fully saturated rings. The predicted octanol–water partition coefficient (Wildman–Crippen LogP) is 3.74. The molecular formula is C16H16FN5OS. The number of rotatable bonds is 4. The van der Waals surface area contributed by atoms with Crippen LogP contribution in [0.15, 0.2) is 35.7 Å². The molecule has 0 bridgehead atoms. The maximum atomic E-state index is 13.1. The second-order valence-corrected chi connectivity index (χ2v) is 6.26. The summed E-state index contributed by atoms with van der Waals surface area (Å²) in [7, 11) is 0. The van der Waals surface area contributed by atoms with Crippen molar-refractivity contribution in [2.45, 2.75) is 24.2 Å². The Labute approximate surface area is 142 Å². The minimum Gasteiger partial charge on any atom is -0.358 e. The molecule has 0 spiro atoms. The van der Waals surface area contributed by atoms with E-state index >= 15 is 0 Å². The van der Waals surface area contributed by atoms with E-state index in [1.807, 2.05) is 10.8 Å². The van der Waals surface area contributed by atoms with Crippen molar-refractivity contribution in [3.05, 3.63) is 36.4 Å². The van der Waals surface area contributed by atoms with Crippen molar-refractivity contribution in [3.63, 3.8) is 0 Å².